The van der Waals surface area contributed by atoms with Crippen LogP contribution in [0.15, 0.2) is 30.6 Å². The molecule has 22 heavy (non-hydrogen) atoms. The van der Waals surface area contributed by atoms with Gasteiger partial charge in [0.05, 0.1) is 18.4 Å². The Morgan fingerprint density at radius 2 is 2.27 bits per heavy atom. The molecule has 1 amide bonds. The minimum Gasteiger partial charge on any atom is -0.356 e. The van der Waals surface area contributed by atoms with Crippen LogP contribution < -0.4 is 5.32 Å². The number of aromatic amines is 1. The topological polar surface area (TPSA) is 57.8 Å². The van der Waals surface area contributed by atoms with Gasteiger partial charge < -0.3 is 10.3 Å². The summed E-state index contributed by atoms with van der Waals surface area (Å²) < 4.78 is 0. The number of hydrogen-bond acceptors (Lipinski definition) is 2. The molecule has 0 saturated heterocycles. The summed E-state index contributed by atoms with van der Waals surface area (Å²) in [4.78, 5) is 19.7. The van der Waals surface area contributed by atoms with Crippen LogP contribution in [0.3, 0.4) is 0 Å². The highest BCUT2D eigenvalue weighted by atomic mass is 35.5. The average Bonchev–Trinajstić information content (AvgIpc) is 2.99. The molecule has 0 radical (unpaired) electrons. The largest absolute Gasteiger partial charge is 0.356 e. The SMILES string of the molecule is O=C(Cc1ccccc1Cl)NCCC1CCCc2[nH]cnc21. The molecule has 1 heterocycles. The lowest BCUT2D eigenvalue weighted by atomic mass is 9.87. The molecule has 2 N–H and O–H groups in total. The quantitative estimate of drug-likeness (QED) is 0.889. The lowest BCUT2D eigenvalue weighted by molar-refractivity contribution is -0.120. The number of rotatable bonds is 5. The second-order valence-corrected chi connectivity index (χ2v) is 6.17. The monoisotopic (exact) mass is 317 g/mol. The van der Waals surface area contributed by atoms with Gasteiger partial charge in [-0.1, -0.05) is 29.8 Å². The fourth-order valence-corrected chi connectivity index (χ4v) is 3.29. The van der Waals surface area contributed by atoms with E-state index in [-0.39, 0.29) is 5.91 Å². The van der Waals surface area contributed by atoms with Gasteiger partial charge in [0.1, 0.15) is 0 Å². The van der Waals surface area contributed by atoms with Crippen molar-refractivity contribution in [3.05, 3.63) is 52.6 Å². The molecule has 2 aromatic rings. The molecule has 0 fully saturated rings. The van der Waals surface area contributed by atoms with Crippen LogP contribution in [0.1, 0.15) is 42.1 Å². The van der Waals surface area contributed by atoms with Crippen LogP contribution in [0.25, 0.3) is 0 Å². The highest BCUT2D eigenvalue weighted by Gasteiger charge is 2.22. The van der Waals surface area contributed by atoms with Gasteiger partial charge >= 0.3 is 0 Å². The minimum absolute atomic E-state index is 0.0196. The third-order valence-corrected chi connectivity index (χ3v) is 4.61. The summed E-state index contributed by atoms with van der Waals surface area (Å²) in [6, 6.07) is 7.47. The number of benzene rings is 1. The molecular weight excluding hydrogens is 298 g/mol. The number of nitrogens with zero attached hydrogens (tertiary/aromatic N) is 1. The van der Waals surface area contributed by atoms with E-state index in [1.165, 1.54) is 17.8 Å². The first-order valence-corrected chi connectivity index (χ1v) is 8.14. The first kappa shape index (κ1) is 15.1. The Morgan fingerprint density at radius 1 is 1.41 bits per heavy atom. The van der Waals surface area contributed by atoms with Gasteiger partial charge in [0, 0.05) is 23.2 Å². The van der Waals surface area contributed by atoms with E-state index in [0.29, 0.717) is 23.9 Å². The van der Waals surface area contributed by atoms with Crippen LogP contribution in [0.5, 0.6) is 0 Å². The molecule has 1 aromatic carbocycles. The summed E-state index contributed by atoms with van der Waals surface area (Å²) in [6.45, 7) is 0.681. The molecule has 0 aliphatic heterocycles. The zero-order valence-corrected chi connectivity index (χ0v) is 13.2. The maximum atomic E-state index is 12.0. The van der Waals surface area contributed by atoms with E-state index >= 15 is 0 Å². The Kier molecular flexibility index (Phi) is 4.78. The molecule has 116 valence electrons. The number of nitrogens with one attached hydrogen (secondary N) is 2. The van der Waals surface area contributed by atoms with Crippen molar-refractivity contribution in [2.45, 2.75) is 38.0 Å². The van der Waals surface area contributed by atoms with Gasteiger partial charge in [-0.3, -0.25) is 4.79 Å². The standard InChI is InChI=1S/C17H20ClN3O/c18-14-6-2-1-4-13(14)10-16(22)19-9-8-12-5-3-7-15-17(12)21-11-20-15/h1-2,4,6,11-12H,3,5,7-10H2,(H,19,22)(H,20,21). The molecule has 0 bridgehead atoms. The molecule has 0 saturated carbocycles. The molecule has 5 heteroatoms. The van der Waals surface area contributed by atoms with Crippen LogP contribution in [0, 0.1) is 0 Å². The number of H-pyrrole nitrogens is 1. The van der Waals surface area contributed by atoms with Crippen molar-refractivity contribution in [2.75, 3.05) is 6.54 Å². The predicted molar refractivity (Wildman–Crippen MR) is 87.0 cm³/mol. The fourth-order valence-electron chi connectivity index (χ4n) is 3.09. The Labute approximate surface area is 135 Å². The molecule has 1 aliphatic carbocycles. The van der Waals surface area contributed by atoms with Gasteiger partial charge in [-0.15, -0.1) is 0 Å². The minimum atomic E-state index is 0.0196. The number of carbonyl (C=O) groups excluding carboxylic acids is 1. The molecule has 1 aromatic heterocycles. The third kappa shape index (κ3) is 3.50. The van der Waals surface area contributed by atoms with E-state index in [1.54, 1.807) is 6.33 Å². The van der Waals surface area contributed by atoms with E-state index in [9.17, 15) is 4.79 Å². The molecule has 0 spiro atoms. The first-order chi connectivity index (χ1) is 10.7. The maximum Gasteiger partial charge on any atom is 0.224 e. The highest BCUT2D eigenvalue weighted by molar-refractivity contribution is 6.31. The van der Waals surface area contributed by atoms with Crippen molar-refractivity contribution in [3.8, 4) is 0 Å². The first-order valence-electron chi connectivity index (χ1n) is 7.76. The number of hydrogen-bond donors (Lipinski definition) is 2. The smallest absolute Gasteiger partial charge is 0.224 e. The summed E-state index contributed by atoms with van der Waals surface area (Å²) in [5.74, 6) is 0.474. The van der Waals surface area contributed by atoms with Crippen molar-refractivity contribution < 1.29 is 4.79 Å². The highest BCUT2D eigenvalue weighted by Crippen LogP contribution is 2.31. The summed E-state index contributed by atoms with van der Waals surface area (Å²) in [5.41, 5.74) is 3.32. The molecule has 3 rings (SSSR count). The number of aromatic nitrogens is 2. The Hall–Kier alpha value is -1.81. The molecular formula is C17H20ClN3O. The van der Waals surface area contributed by atoms with Gasteiger partial charge in [0.2, 0.25) is 5.91 Å². The zero-order valence-electron chi connectivity index (χ0n) is 12.4. The summed E-state index contributed by atoms with van der Waals surface area (Å²) in [7, 11) is 0. The maximum absolute atomic E-state index is 12.0. The van der Waals surface area contributed by atoms with Crippen LogP contribution in [-0.4, -0.2) is 22.4 Å². The summed E-state index contributed by atoms with van der Waals surface area (Å²) >= 11 is 6.08. The Bertz CT molecular complexity index is 653. The zero-order chi connectivity index (χ0) is 15.4. The molecule has 1 unspecified atom stereocenters. The number of fused-ring (bicyclic) bond motifs is 1. The molecule has 1 aliphatic rings. The third-order valence-electron chi connectivity index (χ3n) is 4.24. The number of imidazole rings is 1. The van der Waals surface area contributed by atoms with Crippen molar-refractivity contribution >= 4 is 17.5 Å². The Morgan fingerprint density at radius 3 is 3.14 bits per heavy atom. The van der Waals surface area contributed by atoms with Gasteiger partial charge in [-0.2, -0.15) is 0 Å². The van der Waals surface area contributed by atoms with Gasteiger partial charge in [0.25, 0.3) is 0 Å². The van der Waals surface area contributed by atoms with Crippen LogP contribution in [0.2, 0.25) is 5.02 Å². The van der Waals surface area contributed by atoms with Gasteiger partial charge in [-0.05, 0) is 37.3 Å². The van der Waals surface area contributed by atoms with Crippen LogP contribution >= 0.6 is 11.6 Å². The van der Waals surface area contributed by atoms with Crippen molar-refractivity contribution in [1.82, 2.24) is 15.3 Å². The lowest BCUT2D eigenvalue weighted by Crippen LogP contribution is -2.27. The van der Waals surface area contributed by atoms with Crippen molar-refractivity contribution in [2.24, 2.45) is 0 Å². The fraction of sp³-hybridized carbons (Fsp3) is 0.412. The van der Waals surface area contributed by atoms with E-state index in [4.69, 9.17) is 11.6 Å². The van der Waals surface area contributed by atoms with Crippen molar-refractivity contribution in [1.29, 1.82) is 0 Å². The number of aryl methyl sites for hydroxylation is 1. The second kappa shape index (κ2) is 6.97. The van der Waals surface area contributed by atoms with Gasteiger partial charge in [0.15, 0.2) is 0 Å². The number of carbonyl (C=O) groups is 1. The summed E-state index contributed by atoms with van der Waals surface area (Å²) in [6.07, 6.45) is 6.47. The summed E-state index contributed by atoms with van der Waals surface area (Å²) in [5, 5.41) is 3.64. The molecule has 1 atom stereocenters. The second-order valence-electron chi connectivity index (χ2n) is 5.76. The lowest BCUT2D eigenvalue weighted by Gasteiger charge is -2.21. The molecule has 4 nitrogen and oxygen atoms in total. The van der Waals surface area contributed by atoms with E-state index in [2.05, 4.69) is 15.3 Å². The van der Waals surface area contributed by atoms with E-state index in [0.717, 1.165) is 24.8 Å². The number of halogens is 1. The van der Waals surface area contributed by atoms with Gasteiger partial charge in [-0.25, -0.2) is 4.98 Å². The predicted octanol–water partition coefficient (Wildman–Crippen LogP) is 3.23. The van der Waals surface area contributed by atoms with Crippen LogP contribution in [0.4, 0.5) is 0 Å². The normalized spacial score (nSPS) is 17.0. The van der Waals surface area contributed by atoms with Crippen LogP contribution in [-0.2, 0) is 17.6 Å². The Balaban J connectivity index is 1.48. The van der Waals surface area contributed by atoms with Crippen molar-refractivity contribution in [3.63, 3.8) is 0 Å². The average molecular weight is 318 g/mol. The number of amides is 1. The van der Waals surface area contributed by atoms with E-state index in [1.807, 2.05) is 24.3 Å². The van der Waals surface area contributed by atoms with E-state index < -0.39 is 0 Å².